The van der Waals surface area contributed by atoms with Gasteiger partial charge >= 0.3 is 0 Å². The molecule has 0 heterocycles. The number of hydrogen-bond acceptors (Lipinski definition) is 4. The summed E-state index contributed by atoms with van der Waals surface area (Å²) in [5.41, 5.74) is 6.21. The maximum absolute atomic E-state index is 10.1. The van der Waals surface area contributed by atoms with E-state index in [1.54, 1.807) is 12.1 Å². The van der Waals surface area contributed by atoms with Crippen molar-refractivity contribution in [3.8, 4) is 5.75 Å². The van der Waals surface area contributed by atoms with Crippen molar-refractivity contribution in [2.45, 2.75) is 25.5 Å². The van der Waals surface area contributed by atoms with Crippen molar-refractivity contribution in [1.82, 2.24) is 0 Å². The Morgan fingerprint density at radius 3 is 2.61 bits per heavy atom. The molecule has 0 amide bonds. The molecular formula is C12H17Cl2NO3. The van der Waals surface area contributed by atoms with Gasteiger partial charge in [-0.05, 0) is 25.5 Å². The highest BCUT2D eigenvalue weighted by Crippen LogP contribution is 2.37. The summed E-state index contributed by atoms with van der Waals surface area (Å²) in [7, 11) is 0. The van der Waals surface area contributed by atoms with Gasteiger partial charge in [0, 0.05) is 23.2 Å². The van der Waals surface area contributed by atoms with Crippen molar-refractivity contribution in [2.75, 3.05) is 13.2 Å². The van der Waals surface area contributed by atoms with Crippen LogP contribution in [0.4, 0.5) is 0 Å². The van der Waals surface area contributed by atoms with Gasteiger partial charge in [0.25, 0.3) is 0 Å². The van der Waals surface area contributed by atoms with E-state index in [9.17, 15) is 5.11 Å². The number of nitrogens with two attached hydrogens (primary N) is 1. The van der Waals surface area contributed by atoms with E-state index in [0.29, 0.717) is 28.0 Å². The van der Waals surface area contributed by atoms with Gasteiger partial charge in [0.1, 0.15) is 5.75 Å². The fourth-order valence-corrected chi connectivity index (χ4v) is 2.20. The Bertz CT molecular complexity index is 401. The van der Waals surface area contributed by atoms with E-state index in [2.05, 4.69) is 0 Å². The lowest BCUT2D eigenvalue weighted by atomic mass is 10.00. The molecule has 0 aliphatic carbocycles. The summed E-state index contributed by atoms with van der Waals surface area (Å²) < 4.78 is 5.40. The fraction of sp³-hybridized carbons (Fsp3) is 0.500. The predicted molar refractivity (Wildman–Crippen MR) is 72.3 cm³/mol. The van der Waals surface area contributed by atoms with Crippen LogP contribution in [0.15, 0.2) is 12.1 Å². The Hall–Kier alpha value is -0.520. The van der Waals surface area contributed by atoms with Crippen LogP contribution in [0.25, 0.3) is 0 Å². The summed E-state index contributed by atoms with van der Waals surface area (Å²) >= 11 is 11.9. The first-order valence-corrected chi connectivity index (χ1v) is 6.43. The van der Waals surface area contributed by atoms with Gasteiger partial charge in [-0.15, -0.1) is 0 Å². The number of aliphatic hydroxyl groups is 2. The number of aliphatic hydroxyl groups excluding tert-OH is 2. The largest absolute Gasteiger partial charge is 0.492 e. The third-order valence-electron chi connectivity index (χ3n) is 2.51. The molecule has 0 saturated carbocycles. The molecule has 102 valence electrons. The molecule has 4 nitrogen and oxygen atoms in total. The SMILES string of the molecule is CCOc1c(Cl)cc(Cl)cc1C(O)C(N)CCO. The van der Waals surface area contributed by atoms with Gasteiger partial charge in [-0.25, -0.2) is 0 Å². The minimum Gasteiger partial charge on any atom is -0.492 e. The highest BCUT2D eigenvalue weighted by atomic mass is 35.5. The molecule has 0 radical (unpaired) electrons. The number of rotatable bonds is 6. The van der Waals surface area contributed by atoms with E-state index in [4.69, 9.17) is 38.8 Å². The minimum atomic E-state index is -0.991. The van der Waals surface area contributed by atoms with Gasteiger partial charge < -0.3 is 20.7 Å². The molecule has 1 rings (SSSR count). The Kier molecular flexibility index (Phi) is 6.18. The lowest BCUT2D eigenvalue weighted by Crippen LogP contribution is -2.29. The smallest absolute Gasteiger partial charge is 0.143 e. The lowest BCUT2D eigenvalue weighted by Gasteiger charge is -2.22. The monoisotopic (exact) mass is 293 g/mol. The molecule has 0 aliphatic heterocycles. The van der Waals surface area contributed by atoms with Crippen LogP contribution in [0.3, 0.4) is 0 Å². The molecule has 1 aromatic carbocycles. The Balaban J connectivity index is 3.12. The molecule has 2 atom stereocenters. The number of ether oxygens (including phenoxy) is 1. The average molecular weight is 294 g/mol. The quantitative estimate of drug-likeness (QED) is 0.751. The molecule has 0 bridgehead atoms. The van der Waals surface area contributed by atoms with Crippen molar-refractivity contribution in [3.05, 3.63) is 27.7 Å². The van der Waals surface area contributed by atoms with Crippen molar-refractivity contribution in [2.24, 2.45) is 5.73 Å². The molecule has 0 aliphatic rings. The summed E-state index contributed by atoms with van der Waals surface area (Å²) in [4.78, 5) is 0. The first-order valence-electron chi connectivity index (χ1n) is 5.67. The zero-order chi connectivity index (χ0) is 13.7. The predicted octanol–water partition coefficient (Wildman–Crippen LogP) is 2.14. The topological polar surface area (TPSA) is 75.7 Å². The highest BCUT2D eigenvalue weighted by molar-refractivity contribution is 6.35. The number of halogens is 2. The summed E-state index contributed by atoms with van der Waals surface area (Å²) in [6.07, 6.45) is -0.716. The van der Waals surface area contributed by atoms with Crippen LogP contribution in [0.1, 0.15) is 25.0 Å². The van der Waals surface area contributed by atoms with Crippen LogP contribution in [-0.2, 0) is 0 Å². The van der Waals surface area contributed by atoms with E-state index in [-0.39, 0.29) is 13.0 Å². The van der Waals surface area contributed by atoms with Crippen molar-refractivity contribution >= 4 is 23.2 Å². The normalized spacial score (nSPS) is 14.3. The van der Waals surface area contributed by atoms with Crippen LogP contribution >= 0.6 is 23.2 Å². The second-order valence-electron chi connectivity index (χ2n) is 3.86. The summed E-state index contributed by atoms with van der Waals surface area (Å²) in [6.45, 7) is 2.13. The van der Waals surface area contributed by atoms with E-state index < -0.39 is 12.1 Å². The molecule has 6 heteroatoms. The second-order valence-corrected chi connectivity index (χ2v) is 4.70. The average Bonchev–Trinajstić information content (AvgIpc) is 2.31. The van der Waals surface area contributed by atoms with E-state index in [0.717, 1.165) is 0 Å². The highest BCUT2D eigenvalue weighted by Gasteiger charge is 2.22. The molecule has 0 spiro atoms. The van der Waals surface area contributed by atoms with Crippen LogP contribution in [-0.4, -0.2) is 29.5 Å². The molecule has 0 aromatic heterocycles. The van der Waals surface area contributed by atoms with Gasteiger partial charge in [0.2, 0.25) is 0 Å². The Morgan fingerprint density at radius 1 is 1.39 bits per heavy atom. The standard InChI is InChI=1S/C12H17Cl2NO3/c1-2-18-12-8(5-7(13)6-9(12)14)11(17)10(15)3-4-16/h5-6,10-11,16-17H,2-4,15H2,1H3. The zero-order valence-corrected chi connectivity index (χ0v) is 11.6. The lowest BCUT2D eigenvalue weighted by molar-refractivity contribution is 0.125. The zero-order valence-electron chi connectivity index (χ0n) is 10.1. The number of hydrogen-bond donors (Lipinski definition) is 3. The first kappa shape index (κ1) is 15.5. The van der Waals surface area contributed by atoms with Gasteiger partial charge in [-0.3, -0.25) is 0 Å². The van der Waals surface area contributed by atoms with Crippen LogP contribution in [0.5, 0.6) is 5.75 Å². The number of benzene rings is 1. The first-order chi connectivity index (χ1) is 8.51. The summed E-state index contributed by atoms with van der Waals surface area (Å²) in [5.74, 6) is 0.379. The minimum absolute atomic E-state index is 0.101. The van der Waals surface area contributed by atoms with Crippen molar-refractivity contribution < 1.29 is 14.9 Å². The second kappa shape index (κ2) is 7.16. The van der Waals surface area contributed by atoms with Crippen LogP contribution < -0.4 is 10.5 Å². The molecular weight excluding hydrogens is 277 g/mol. The summed E-state index contributed by atoms with van der Waals surface area (Å²) in [6, 6.07) is 2.51. The maximum atomic E-state index is 10.1. The fourth-order valence-electron chi connectivity index (χ4n) is 1.63. The molecule has 0 saturated heterocycles. The summed E-state index contributed by atoms with van der Waals surface area (Å²) in [5, 5.41) is 19.7. The van der Waals surface area contributed by atoms with Crippen LogP contribution in [0.2, 0.25) is 10.0 Å². The molecule has 2 unspecified atom stereocenters. The molecule has 4 N–H and O–H groups in total. The van der Waals surface area contributed by atoms with Gasteiger partial charge in [-0.1, -0.05) is 23.2 Å². The van der Waals surface area contributed by atoms with E-state index in [1.807, 2.05) is 6.92 Å². The van der Waals surface area contributed by atoms with E-state index >= 15 is 0 Å². The van der Waals surface area contributed by atoms with Gasteiger partial charge in [0.05, 0.1) is 17.7 Å². The third kappa shape index (κ3) is 3.73. The third-order valence-corrected chi connectivity index (χ3v) is 3.01. The Labute approximate surface area is 116 Å². The van der Waals surface area contributed by atoms with Crippen molar-refractivity contribution in [3.63, 3.8) is 0 Å². The molecule has 0 fully saturated rings. The molecule has 1 aromatic rings. The van der Waals surface area contributed by atoms with Gasteiger partial charge in [0.15, 0.2) is 0 Å². The van der Waals surface area contributed by atoms with Crippen LogP contribution in [0, 0.1) is 0 Å². The van der Waals surface area contributed by atoms with Crippen molar-refractivity contribution in [1.29, 1.82) is 0 Å². The molecule has 18 heavy (non-hydrogen) atoms. The maximum Gasteiger partial charge on any atom is 0.143 e. The van der Waals surface area contributed by atoms with E-state index in [1.165, 1.54) is 0 Å². The van der Waals surface area contributed by atoms with Gasteiger partial charge in [-0.2, -0.15) is 0 Å². The Morgan fingerprint density at radius 2 is 2.06 bits per heavy atom.